The molecule has 1 aliphatic heterocycles. The molecule has 3 rings (SSSR count). The smallest absolute Gasteiger partial charge is 0.254 e. The summed E-state index contributed by atoms with van der Waals surface area (Å²) in [6.45, 7) is 2.31. The normalized spacial score (nSPS) is 14.1. The van der Waals surface area contributed by atoms with E-state index in [1.807, 2.05) is 4.90 Å². The molecule has 2 heterocycles. The lowest BCUT2D eigenvalue weighted by molar-refractivity contribution is 0.0745. The number of benzene rings is 1. The number of aromatic nitrogens is 2. The second kappa shape index (κ2) is 7.92. The van der Waals surface area contributed by atoms with Crippen LogP contribution in [-0.2, 0) is 0 Å². The molecule has 1 aromatic carbocycles. The van der Waals surface area contributed by atoms with Gasteiger partial charge in [0.25, 0.3) is 5.91 Å². The van der Waals surface area contributed by atoms with Crippen molar-refractivity contribution in [1.82, 2.24) is 14.9 Å². The zero-order valence-electron chi connectivity index (χ0n) is 13.2. The Kier molecular flexibility index (Phi) is 5.92. The van der Waals surface area contributed by atoms with Gasteiger partial charge in [-0.2, -0.15) is 4.98 Å². The lowest BCUT2D eigenvalue weighted by Gasteiger charge is -2.34. The molecule has 1 fully saturated rings. The zero-order chi connectivity index (χ0) is 16.2. The SMILES string of the molecule is COc1ccnc(N2CCN(C(=O)c3cccc(F)c3)CC2)n1.Cl. The Morgan fingerprint density at radius 1 is 1.21 bits per heavy atom. The molecule has 1 aliphatic rings. The van der Waals surface area contributed by atoms with Crippen LogP contribution in [0.4, 0.5) is 10.3 Å². The fraction of sp³-hybridized carbons (Fsp3) is 0.312. The number of carbonyl (C=O) groups is 1. The fourth-order valence-electron chi connectivity index (χ4n) is 2.51. The molecule has 128 valence electrons. The summed E-state index contributed by atoms with van der Waals surface area (Å²) >= 11 is 0. The van der Waals surface area contributed by atoms with E-state index in [4.69, 9.17) is 4.74 Å². The number of amides is 1. The van der Waals surface area contributed by atoms with Gasteiger partial charge in [-0.25, -0.2) is 9.37 Å². The molecule has 24 heavy (non-hydrogen) atoms. The number of hydrogen-bond donors (Lipinski definition) is 0. The standard InChI is InChI=1S/C16H17FN4O2.ClH/c1-23-14-5-6-18-16(19-14)21-9-7-20(8-10-21)15(22)12-3-2-4-13(17)11-12;/h2-6,11H,7-10H2,1H3;1H. The molecule has 0 unspecified atom stereocenters. The highest BCUT2D eigenvalue weighted by Crippen LogP contribution is 2.16. The molecular formula is C16H18ClFN4O2. The van der Waals surface area contributed by atoms with Crippen molar-refractivity contribution in [3.63, 3.8) is 0 Å². The van der Waals surface area contributed by atoms with Crippen molar-refractivity contribution in [3.05, 3.63) is 47.9 Å². The first-order valence-corrected chi connectivity index (χ1v) is 7.34. The highest BCUT2D eigenvalue weighted by Gasteiger charge is 2.23. The van der Waals surface area contributed by atoms with E-state index in [9.17, 15) is 9.18 Å². The van der Waals surface area contributed by atoms with Crippen molar-refractivity contribution in [2.75, 3.05) is 38.2 Å². The number of piperazine rings is 1. The average Bonchev–Trinajstić information content (AvgIpc) is 2.61. The van der Waals surface area contributed by atoms with Crippen LogP contribution in [0.5, 0.6) is 5.88 Å². The van der Waals surface area contributed by atoms with Gasteiger partial charge in [-0.3, -0.25) is 4.79 Å². The number of ether oxygens (including phenoxy) is 1. The fourth-order valence-corrected chi connectivity index (χ4v) is 2.51. The first-order valence-electron chi connectivity index (χ1n) is 7.34. The molecule has 0 N–H and O–H groups in total. The zero-order valence-corrected chi connectivity index (χ0v) is 14.0. The Labute approximate surface area is 145 Å². The molecule has 1 amide bonds. The van der Waals surface area contributed by atoms with Crippen molar-refractivity contribution in [2.45, 2.75) is 0 Å². The Bertz CT molecular complexity index is 708. The van der Waals surface area contributed by atoms with E-state index in [2.05, 4.69) is 9.97 Å². The van der Waals surface area contributed by atoms with E-state index in [-0.39, 0.29) is 18.3 Å². The van der Waals surface area contributed by atoms with Crippen LogP contribution in [-0.4, -0.2) is 54.1 Å². The summed E-state index contributed by atoms with van der Waals surface area (Å²) in [5.41, 5.74) is 0.371. The van der Waals surface area contributed by atoms with Crippen molar-refractivity contribution in [3.8, 4) is 5.88 Å². The summed E-state index contributed by atoms with van der Waals surface area (Å²) in [6, 6.07) is 7.45. The minimum atomic E-state index is -0.403. The number of hydrogen-bond acceptors (Lipinski definition) is 5. The average molecular weight is 353 g/mol. The van der Waals surface area contributed by atoms with Gasteiger partial charge in [0.1, 0.15) is 5.82 Å². The van der Waals surface area contributed by atoms with Crippen LogP contribution in [0.1, 0.15) is 10.4 Å². The lowest BCUT2D eigenvalue weighted by Crippen LogP contribution is -2.49. The highest BCUT2D eigenvalue weighted by atomic mass is 35.5. The third kappa shape index (κ3) is 3.91. The number of anilines is 1. The van der Waals surface area contributed by atoms with E-state index in [1.54, 1.807) is 36.4 Å². The van der Waals surface area contributed by atoms with E-state index < -0.39 is 5.82 Å². The third-order valence-electron chi connectivity index (χ3n) is 3.75. The van der Waals surface area contributed by atoms with Crippen molar-refractivity contribution < 1.29 is 13.9 Å². The Morgan fingerprint density at radius 2 is 1.96 bits per heavy atom. The monoisotopic (exact) mass is 352 g/mol. The summed E-state index contributed by atoms with van der Waals surface area (Å²) in [7, 11) is 1.56. The molecule has 0 radical (unpaired) electrons. The maximum Gasteiger partial charge on any atom is 0.254 e. The van der Waals surface area contributed by atoms with Gasteiger partial charge in [0.2, 0.25) is 11.8 Å². The molecule has 0 aliphatic carbocycles. The Balaban J connectivity index is 0.00000208. The van der Waals surface area contributed by atoms with Crippen LogP contribution < -0.4 is 9.64 Å². The minimum absolute atomic E-state index is 0. The number of nitrogens with zero attached hydrogens (tertiary/aromatic N) is 4. The van der Waals surface area contributed by atoms with E-state index in [1.165, 1.54) is 12.1 Å². The van der Waals surface area contributed by atoms with E-state index in [0.717, 1.165) is 0 Å². The van der Waals surface area contributed by atoms with E-state index >= 15 is 0 Å². The van der Waals surface area contributed by atoms with Crippen molar-refractivity contribution in [2.24, 2.45) is 0 Å². The van der Waals surface area contributed by atoms with Crippen molar-refractivity contribution in [1.29, 1.82) is 0 Å². The summed E-state index contributed by atoms with van der Waals surface area (Å²) in [5, 5.41) is 0. The molecule has 8 heteroatoms. The van der Waals surface area contributed by atoms with Crippen LogP contribution in [0.3, 0.4) is 0 Å². The van der Waals surface area contributed by atoms with E-state index in [0.29, 0.717) is 43.6 Å². The van der Waals surface area contributed by atoms with Crippen LogP contribution in [0.25, 0.3) is 0 Å². The molecule has 0 bridgehead atoms. The largest absolute Gasteiger partial charge is 0.481 e. The molecular weight excluding hydrogens is 335 g/mol. The summed E-state index contributed by atoms with van der Waals surface area (Å²) < 4.78 is 18.3. The van der Waals surface area contributed by atoms with Crippen LogP contribution in [0, 0.1) is 5.82 Å². The van der Waals surface area contributed by atoms with Crippen LogP contribution in [0.2, 0.25) is 0 Å². The molecule has 0 saturated carbocycles. The molecule has 0 atom stereocenters. The summed E-state index contributed by atoms with van der Waals surface area (Å²) in [6.07, 6.45) is 1.64. The number of methoxy groups -OCH3 is 1. The van der Waals surface area contributed by atoms with Gasteiger partial charge < -0.3 is 14.5 Å². The minimum Gasteiger partial charge on any atom is -0.481 e. The Morgan fingerprint density at radius 3 is 2.62 bits per heavy atom. The summed E-state index contributed by atoms with van der Waals surface area (Å²) in [4.78, 5) is 24.6. The van der Waals surface area contributed by atoms with Crippen LogP contribution in [0.15, 0.2) is 36.5 Å². The van der Waals surface area contributed by atoms with Gasteiger partial charge in [0, 0.05) is 44.0 Å². The first kappa shape index (κ1) is 17.9. The maximum absolute atomic E-state index is 13.2. The number of halogens is 2. The maximum atomic E-state index is 13.2. The van der Waals surface area contributed by atoms with Crippen molar-refractivity contribution >= 4 is 24.3 Å². The van der Waals surface area contributed by atoms with Gasteiger partial charge in [0.05, 0.1) is 7.11 Å². The van der Waals surface area contributed by atoms with Gasteiger partial charge in [-0.1, -0.05) is 6.07 Å². The number of rotatable bonds is 3. The van der Waals surface area contributed by atoms with Crippen LogP contribution >= 0.6 is 12.4 Å². The topological polar surface area (TPSA) is 58.6 Å². The molecule has 2 aromatic rings. The quantitative estimate of drug-likeness (QED) is 0.845. The lowest BCUT2D eigenvalue weighted by atomic mass is 10.2. The predicted molar refractivity (Wildman–Crippen MR) is 90.3 cm³/mol. The second-order valence-electron chi connectivity index (χ2n) is 5.19. The first-order chi connectivity index (χ1) is 11.2. The van der Waals surface area contributed by atoms with Gasteiger partial charge >= 0.3 is 0 Å². The van der Waals surface area contributed by atoms with Gasteiger partial charge in [0.15, 0.2) is 0 Å². The molecule has 1 aromatic heterocycles. The number of carbonyl (C=O) groups excluding carboxylic acids is 1. The molecule has 1 saturated heterocycles. The van der Waals surface area contributed by atoms with Gasteiger partial charge in [-0.05, 0) is 18.2 Å². The third-order valence-corrected chi connectivity index (χ3v) is 3.75. The highest BCUT2D eigenvalue weighted by molar-refractivity contribution is 5.94. The second-order valence-corrected chi connectivity index (χ2v) is 5.19. The Hall–Kier alpha value is -2.41. The molecule has 6 nitrogen and oxygen atoms in total. The van der Waals surface area contributed by atoms with Gasteiger partial charge in [-0.15, -0.1) is 12.4 Å². The predicted octanol–water partition coefficient (Wildman–Crippen LogP) is 2.01. The summed E-state index contributed by atoms with van der Waals surface area (Å²) in [5.74, 6) is 0.533. The molecule has 0 spiro atoms.